The summed E-state index contributed by atoms with van der Waals surface area (Å²) < 4.78 is 13.8. The molecular weight excluding hydrogens is 431 g/mol. The van der Waals surface area contributed by atoms with Crippen LogP contribution in [0.25, 0.3) is 6.08 Å². The van der Waals surface area contributed by atoms with Gasteiger partial charge in [-0.3, -0.25) is 19.3 Å². The van der Waals surface area contributed by atoms with Gasteiger partial charge in [0.25, 0.3) is 11.1 Å². The van der Waals surface area contributed by atoms with E-state index in [1.165, 1.54) is 35.6 Å². The van der Waals surface area contributed by atoms with Crippen molar-refractivity contribution in [1.82, 2.24) is 4.90 Å². The normalized spacial score (nSPS) is 15.9. The van der Waals surface area contributed by atoms with E-state index in [4.69, 9.17) is 0 Å². The monoisotopic (exact) mass is 440 g/mol. The highest BCUT2D eigenvalue weighted by Gasteiger charge is 2.36. The highest BCUT2D eigenvalue weighted by molar-refractivity contribution is 9.11. The first kappa shape index (κ1) is 17.8. The second-order valence-electron chi connectivity index (χ2n) is 4.96. The zero-order valence-corrected chi connectivity index (χ0v) is 15.7. The third-order valence-electron chi connectivity index (χ3n) is 3.17. The second-order valence-corrected chi connectivity index (χ2v) is 8.45. The fraction of sp³-hybridized carbons (Fsp3) is 0.0625. The van der Waals surface area contributed by atoms with Gasteiger partial charge in [-0.05, 0) is 70.2 Å². The number of hydrogen-bond donors (Lipinski definition) is 1. The molecular formula is C16H10BrFN2O3S2. The molecule has 128 valence electrons. The number of halogens is 2. The van der Waals surface area contributed by atoms with Gasteiger partial charge in [0.05, 0.1) is 8.69 Å². The molecule has 3 amide bonds. The van der Waals surface area contributed by atoms with Gasteiger partial charge in [0.2, 0.25) is 5.91 Å². The van der Waals surface area contributed by atoms with E-state index in [1.807, 2.05) is 12.1 Å². The largest absolute Gasteiger partial charge is 0.325 e. The number of imide groups is 1. The maximum atomic E-state index is 12.9. The smallest absolute Gasteiger partial charge is 0.294 e. The van der Waals surface area contributed by atoms with Crippen LogP contribution in [-0.4, -0.2) is 28.5 Å². The van der Waals surface area contributed by atoms with Crippen LogP contribution in [0.5, 0.6) is 0 Å². The summed E-state index contributed by atoms with van der Waals surface area (Å²) in [7, 11) is 0. The van der Waals surface area contributed by atoms with Crippen LogP contribution >= 0.6 is 39.0 Å². The number of thiophene rings is 1. The van der Waals surface area contributed by atoms with E-state index < -0.39 is 29.4 Å². The van der Waals surface area contributed by atoms with E-state index in [2.05, 4.69) is 21.2 Å². The number of benzene rings is 1. The van der Waals surface area contributed by atoms with E-state index in [9.17, 15) is 18.8 Å². The van der Waals surface area contributed by atoms with Gasteiger partial charge in [-0.15, -0.1) is 11.3 Å². The standard InChI is InChI=1S/C16H10BrFN2O3S2/c17-13-6-5-11(24-13)7-12-15(22)20(16(23)25-12)8-14(21)19-10-3-1-9(18)2-4-10/h1-7H,8H2,(H,19,21)/b12-7-. The topological polar surface area (TPSA) is 66.5 Å². The molecule has 0 aliphatic carbocycles. The van der Waals surface area contributed by atoms with Crippen LogP contribution in [-0.2, 0) is 9.59 Å². The number of carbonyl (C=O) groups is 3. The number of nitrogens with zero attached hydrogens (tertiary/aromatic N) is 1. The van der Waals surface area contributed by atoms with Crippen LogP contribution in [0.4, 0.5) is 14.9 Å². The number of hydrogen-bond acceptors (Lipinski definition) is 5. The Morgan fingerprint density at radius 2 is 1.92 bits per heavy atom. The van der Waals surface area contributed by atoms with Crippen LogP contribution < -0.4 is 5.32 Å². The average molecular weight is 441 g/mol. The summed E-state index contributed by atoms with van der Waals surface area (Å²) in [6.07, 6.45) is 1.62. The first-order chi connectivity index (χ1) is 11.9. The molecule has 2 aromatic rings. The molecule has 5 nitrogen and oxygen atoms in total. The van der Waals surface area contributed by atoms with Crippen molar-refractivity contribution < 1.29 is 18.8 Å². The lowest BCUT2D eigenvalue weighted by Gasteiger charge is -2.12. The molecule has 1 aromatic heterocycles. The Labute approximate surface area is 159 Å². The first-order valence-electron chi connectivity index (χ1n) is 6.98. The van der Waals surface area contributed by atoms with E-state index in [0.717, 1.165) is 25.3 Å². The molecule has 0 radical (unpaired) electrons. The van der Waals surface area contributed by atoms with Gasteiger partial charge in [0.1, 0.15) is 12.4 Å². The van der Waals surface area contributed by atoms with Gasteiger partial charge in [0.15, 0.2) is 0 Å². The van der Waals surface area contributed by atoms with Crippen molar-refractivity contribution in [3.63, 3.8) is 0 Å². The van der Waals surface area contributed by atoms with Crippen molar-refractivity contribution >= 4 is 67.8 Å². The zero-order chi connectivity index (χ0) is 18.0. The Hall–Kier alpha value is -1.97. The molecule has 1 aromatic carbocycles. The van der Waals surface area contributed by atoms with Gasteiger partial charge in [-0.2, -0.15) is 0 Å². The molecule has 9 heteroatoms. The van der Waals surface area contributed by atoms with Gasteiger partial charge < -0.3 is 5.32 Å². The fourth-order valence-corrected chi connectivity index (χ4v) is 4.32. The van der Waals surface area contributed by atoms with Crippen molar-refractivity contribution in [2.24, 2.45) is 0 Å². The summed E-state index contributed by atoms with van der Waals surface area (Å²) in [5.41, 5.74) is 0.386. The molecule has 0 unspecified atom stereocenters. The minimum atomic E-state index is -0.533. The lowest BCUT2D eigenvalue weighted by Crippen LogP contribution is -2.36. The SMILES string of the molecule is O=C(CN1C(=O)S/C(=C\c2ccc(Br)s2)C1=O)Nc1ccc(F)cc1. The molecule has 1 N–H and O–H groups in total. The minimum Gasteiger partial charge on any atom is -0.325 e. The molecule has 0 atom stereocenters. The average Bonchev–Trinajstić information content (AvgIpc) is 3.08. The lowest BCUT2D eigenvalue weighted by molar-refractivity contribution is -0.127. The molecule has 3 rings (SSSR count). The number of rotatable bonds is 4. The summed E-state index contributed by atoms with van der Waals surface area (Å²) >= 11 is 5.56. The quantitative estimate of drug-likeness (QED) is 0.718. The summed E-state index contributed by atoms with van der Waals surface area (Å²) in [6.45, 7) is -0.395. The van der Waals surface area contributed by atoms with Crippen LogP contribution in [0.15, 0.2) is 45.1 Å². The third kappa shape index (κ3) is 4.36. The van der Waals surface area contributed by atoms with Crippen molar-refractivity contribution in [2.75, 3.05) is 11.9 Å². The van der Waals surface area contributed by atoms with Crippen molar-refractivity contribution in [3.8, 4) is 0 Å². The Bertz CT molecular complexity index is 880. The highest BCUT2D eigenvalue weighted by atomic mass is 79.9. The Morgan fingerprint density at radius 3 is 2.56 bits per heavy atom. The molecule has 0 saturated carbocycles. The highest BCUT2D eigenvalue weighted by Crippen LogP contribution is 2.34. The Kier molecular flexibility index (Phi) is 5.36. The summed E-state index contributed by atoms with van der Waals surface area (Å²) in [5, 5.41) is 2.02. The van der Waals surface area contributed by atoms with Crippen molar-refractivity contribution in [3.05, 3.63) is 55.8 Å². The minimum absolute atomic E-state index is 0.272. The summed E-state index contributed by atoms with van der Waals surface area (Å²) in [5.74, 6) is -1.46. The molecule has 25 heavy (non-hydrogen) atoms. The number of nitrogens with one attached hydrogen (secondary N) is 1. The lowest BCUT2D eigenvalue weighted by atomic mass is 10.3. The molecule has 2 heterocycles. The van der Waals surface area contributed by atoms with Gasteiger partial charge >= 0.3 is 0 Å². The van der Waals surface area contributed by atoms with Crippen LogP contribution in [0.1, 0.15) is 4.88 Å². The molecule has 1 fully saturated rings. The van der Waals surface area contributed by atoms with Gasteiger partial charge in [-0.25, -0.2) is 4.39 Å². The van der Waals surface area contributed by atoms with Gasteiger partial charge in [0, 0.05) is 10.6 Å². The van der Waals surface area contributed by atoms with E-state index >= 15 is 0 Å². The third-order valence-corrected chi connectivity index (χ3v) is 5.65. The molecule has 1 aliphatic heterocycles. The fourth-order valence-electron chi connectivity index (χ4n) is 2.05. The van der Waals surface area contributed by atoms with Crippen LogP contribution in [0.3, 0.4) is 0 Å². The van der Waals surface area contributed by atoms with E-state index in [1.54, 1.807) is 6.08 Å². The second kappa shape index (κ2) is 7.51. The Morgan fingerprint density at radius 1 is 1.20 bits per heavy atom. The maximum absolute atomic E-state index is 12.9. The molecule has 1 saturated heterocycles. The van der Waals surface area contributed by atoms with E-state index in [-0.39, 0.29) is 4.91 Å². The van der Waals surface area contributed by atoms with Crippen molar-refractivity contribution in [1.29, 1.82) is 0 Å². The molecule has 0 spiro atoms. The van der Waals surface area contributed by atoms with Gasteiger partial charge in [-0.1, -0.05) is 0 Å². The predicted octanol–water partition coefficient (Wildman–Crippen LogP) is 4.32. The zero-order valence-electron chi connectivity index (χ0n) is 12.5. The van der Waals surface area contributed by atoms with Crippen molar-refractivity contribution in [2.45, 2.75) is 0 Å². The first-order valence-corrected chi connectivity index (χ1v) is 9.41. The number of anilines is 1. The number of carbonyl (C=O) groups excluding carboxylic acids is 3. The predicted molar refractivity (Wildman–Crippen MR) is 99.7 cm³/mol. The summed E-state index contributed by atoms with van der Waals surface area (Å²) in [4.78, 5) is 38.4. The number of amides is 3. The van der Waals surface area contributed by atoms with Crippen LogP contribution in [0.2, 0.25) is 0 Å². The van der Waals surface area contributed by atoms with E-state index in [0.29, 0.717) is 5.69 Å². The molecule has 0 bridgehead atoms. The number of thioether (sulfide) groups is 1. The Balaban J connectivity index is 1.67. The van der Waals surface area contributed by atoms with Crippen LogP contribution in [0, 0.1) is 5.82 Å². The summed E-state index contributed by atoms with van der Waals surface area (Å²) in [6, 6.07) is 8.88. The molecule has 1 aliphatic rings. The maximum Gasteiger partial charge on any atom is 0.294 e.